The van der Waals surface area contributed by atoms with Gasteiger partial charge in [0.15, 0.2) is 5.76 Å². The van der Waals surface area contributed by atoms with Crippen LogP contribution in [0.1, 0.15) is 5.56 Å². The zero-order valence-electron chi connectivity index (χ0n) is 8.69. The third kappa shape index (κ3) is 1.57. The highest BCUT2D eigenvalue weighted by atomic mass is 16.6. The van der Waals surface area contributed by atoms with E-state index in [0.717, 1.165) is 16.5 Å². The summed E-state index contributed by atoms with van der Waals surface area (Å²) in [7, 11) is 0. The lowest BCUT2D eigenvalue weighted by Gasteiger charge is -1.93. The second-order valence-electron chi connectivity index (χ2n) is 3.64. The summed E-state index contributed by atoms with van der Waals surface area (Å²) in [5.74, 6) is -0.500. The van der Waals surface area contributed by atoms with E-state index in [0.29, 0.717) is 0 Å². The Balaban J connectivity index is 2.08. The van der Waals surface area contributed by atoms with E-state index in [1.54, 1.807) is 12.3 Å². The number of cyclic esters (lactones) is 1. The quantitative estimate of drug-likeness (QED) is 0.731. The molecule has 0 atom stereocenters. The molecule has 3 rings (SSSR count). The summed E-state index contributed by atoms with van der Waals surface area (Å²) < 4.78 is 4.74. The van der Waals surface area contributed by atoms with Gasteiger partial charge in [-0.15, -0.1) is 0 Å². The molecule has 0 bridgehead atoms. The summed E-state index contributed by atoms with van der Waals surface area (Å²) in [4.78, 5) is 25.2. The van der Waals surface area contributed by atoms with Gasteiger partial charge in [0, 0.05) is 22.7 Å². The number of para-hydroxylation sites is 1. The molecule has 0 radical (unpaired) electrons. The van der Waals surface area contributed by atoms with Crippen LogP contribution in [-0.2, 0) is 9.53 Å². The maximum absolute atomic E-state index is 11.3. The summed E-state index contributed by atoms with van der Waals surface area (Å²) in [5, 5.41) is 3.02. The number of fused-ring (bicyclic) bond motifs is 1. The predicted octanol–water partition coefficient (Wildman–Crippen LogP) is 1.78. The number of imide groups is 1. The first kappa shape index (κ1) is 9.65. The van der Waals surface area contributed by atoms with E-state index in [2.05, 4.69) is 4.98 Å². The molecule has 0 aliphatic carbocycles. The molecule has 2 N–H and O–H groups in total. The molecule has 1 fully saturated rings. The van der Waals surface area contributed by atoms with Crippen molar-refractivity contribution in [1.29, 1.82) is 0 Å². The number of amides is 2. The molecule has 17 heavy (non-hydrogen) atoms. The van der Waals surface area contributed by atoms with Gasteiger partial charge in [-0.25, -0.2) is 4.79 Å². The van der Waals surface area contributed by atoms with Gasteiger partial charge in [-0.2, -0.15) is 0 Å². The monoisotopic (exact) mass is 228 g/mol. The fraction of sp³-hybridized carbons (Fsp3) is 0. The van der Waals surface area contributed by atoms with E-state index < -0.39 is 12.0 Å². The maximum atomic E-state index is 11.3. The van der Waals surface area contributed by atoms with Gasteiger partial charge in [-0.3, -0.25) is 10.1 Å². The first-order valence-corrected chi connectivity index (χ1v) is 5.05. The molecule has 1 aliphatic heterocycles. The van der Waals surface area contributed by atoms with Gasteiger partial charge in [0.1, 0.15) is 0 Å². The van der Waals surface area contributed by atoms with Crippen LogP contribution in [0.25, 0.3) is 17.0 Å². The zero-order chi connectivity index (χ0) is 11.8. The van der Waals surface area contributed by atoms with Crippen molar-refractivity contribution in [2.45, 2.75) is 0 Å². The Bertz CT molecular complexity index is 655. The molecule has 2 heterocycles. The molecule has 1 aromatic carbocycles. The smallest absolute Gasteiger partial charge is 0.404 e. The fourth-order valence-corrected chi connectivity index (χ4v) is 1.78. The van der Waals surface area contributed by atoms with Crippen molar-refractivity contribution in [3.63, 3.8) is 0 Å². The second-order valence-corrected chi connectivity index (χ2v) is 3.64. The molecule has 0 unspecified atom stereocenters. The number of aromatic nitrogens is 1. The van der Waals surface area contributed by atoms with E-state index in [1.165, 1.54) is 0 Å². The first-order valence-electron chi connectivity index (χ1n) is 5.05. The first-order chi connectivity index (χ1) is 8.24. The standard InChI is InChI=1S/C12H8N2O3/c15-11-10(17-12(16)14-11)5-7-6-13-9-4-2-1-3-8(7)9/h1-6,13H,(H,14,15,16). The number of alkyl carbamates (subject to hydrolysis) is 1. The van der Waals surface area contributed by atoms with Crippen LogP contribution in [0.3, 0.4) is 0 Å². The van der Waals surface area contributed by atoms with Crippen LogP contribution in [-0.4, -0.2) is 17.0 Å². The number of rotatable bonds is 1. The van der Waals surface area contributed by atoms with Crippen LogP contribution in [0.2, 0.25) is 0 Å². The SMILES string of the molecule is O=C1NC(=O)C(=Cc2c[nH]c3ccccc23)O1. The summed E-state index contributed by atoms with van der Waals surface area (Å²) in [6.45, 7) is 0. The molecule has 5 nitrogen and oxygen atoms in total. The molecular weight excluding hydrogens is 220 g/mol. The third-order valence-electron chi connectivity index (χ3n) is 2.55. The molecular formula is C12H8N2O3. The highest BCUT2D eigenvalue weighted by molar-refractivity contribution is 6.10. The van der Waals surface area contributed by atoms with Gasteiger partial charge in [0.2, 0.25) is 0 Å². The van der Waals surface area contributed by atoms with Gasteiger partial charge in [-0.05, 0) is 12.1 Å². The number of benzene rings is 1. The molecule has 2 amide bonds. The van der Waals surface area contributed by atoms with Gasteiger partial charge in [-0.1, -0.05) is 18.2 Å². The Hall–Kier alpha value is -2.56. The molecule has 1 aromatic heterocycles. The lowest BCUT2D eigenvalue weighted by atomic mass is 10.1. The Kier molecular flexibility index (Phi) is 1.98. The summed E-state index contributed by atoms with van der Waals surface area (Å²) >= 11 is 0. The largest absolute Gasteiger partial charge is 0.419 e. The van der Waals surface area contributed by atoms with Crippen molar-refractivity contribution in [3.8, 4) is 0 Å². The molecule has 0 spiro atoms. The van der Waals surface area contributed by atoms with E-state index in [-0.39, 0.29) is 5.76 Å². The number of carbonyl (C=O) groups excluding carboxylic acids is 2. The molecule has 5 heteroatoms. The minimum atomic E-state index is -0.735. The Labute approximate surface area is 96.1 Å². The van der Waals surface area contributed by atoms with E-state index in [4.69, 9.17) is 4.74 Å². The Morgan fingerprint density at radius 1 is 1.18 bits per heavy atom. The van der Waals surface area contributed by atoms with E-state index in [9.17, 15) is 9.59 Å². The van der Waals surface area contributed by atoms with Crippen LogP contribution in [0, 0.1) is 0 Å². The zero-order valence-corrected chi connectivity index (χ0v) is 8.69. The topological polar surface area (TPSA) is 71.2 Å². The summed E-state index contributed by atoms with van der Waals surface area (Å²) in [6.07, 6.45) is 2.57. The summed E-state index contributed by atoms with van der Waals surface area (Å²) in [6, 6.07) is 7.67. The van der Waals surface area contributed by atoms with Crippen LogP contribution < -0.4 is 5.32 Å². The Morgan fingerprint density at radius 2 is 2.00 bits per heavy atom. The highest BCUT2D eigenvalue weighted by Crippen LogP contribution is 2.21. The van der Waals surface area contributed by atoms with Crippen molar-refractivity contribution in [2.24, 2.45) is 0 Å². The molecule has 0 saturated carbocycles. The second kappa shape index (κ2) is 3.48. The number of carbonyl (C=O) groups is 2. The van der Waals surface area contributed by atoms with Gasteiger partial charge in [0.05, 0.1) is 0 Å². The number of hydrogen-bond donors (Lipinski definition) is 2. The molecule has 1 saturated heterocycles. The Morgan fingerprint density at radius 3 is 2.76 bits per heavy atom. The minimum absolute atomic E-state index is 0.0137. The summed E-state index contributed by atoms with van der Waals surface area (Å²) in [5.41, 5.74) is 1.77. The van der Waals surface area contributed by atoms with Crippen molar-refractivity contribution in [3.05, 3.63) is 41.8 Å². The number of hydrogen-bond acceptors (Lipinski definition) is 3. The highest BCUT2D eigenvalue weighted by Gasteiger charge is 2.26. The van der Waals surface area contributed by atoms with Gasteiger partial charge < -0.3 is 9.72 Å². The normalized spacial score (nSPS) is 17.5. The lowest BCUT2D eigenvalue weighted by Crippen LogP contribution is -2.18. The molecule has 2 aromatic rings. The van der Waals surface area contributed by atoms with E-state index in [1.807, 2.05) is 29.6 Å². The number of ether oxygens (including phenoxy) is 1. The maximum Gasteiger partial charge on any atom is 0.419 e. The average molecular weight is 228 g/mol. The van der Waals surface area contributed by atoms with Crippen molar-refractivity contribution in [2.75, 3.05) is 0 Å². The van der Waals surface area contributed by atoms with Gasteiger partial charge in [0.25, 0.3) is 5.91 Å². The number of H-pyrrole nitrogens is 1. The predicted molar refractivity (Wildman–Crippen MR) is 60.9 cm³/mol. The van der Waals surface area contributed by atoms with E-state index >= 15 is 0 Å². The van der Waals surface area contributed by atoms with Crippen LogP contribution in [0.4, 0.5) is 4.79 Å². The minimum Gasteiger partial charge on any atom is -0.404 e. The van der Waals surface area contributed by atoms with Crippen molar-refractivity contribution < 1.29 is 14.3 Å². The number of nitrogens with one attached hydrogen (secondary N) is 2. The van der Waals surface area contributed by atoms with Crippen molar-refractivity contribution in [1.82, 2.24) is 10.3 Å². The van der Waals surface area contributed by atoms with Crippen LogP contribution >= 0.6 is 0 Å². The van der Waals surface area contributed by atoms with Crippen LogP contribution in [0.15, 0.2) is 36.2 Å². The molecule has 84 valence electrons. The van der Waals surface area contributed by atoms with Crippen LogP contribution in [0.5, 0.6) is 0 Å². The van der Waals surface area contributed by atoms with Crippen molar-refractivity contribution >= 4 is 29.0 Å². The number of aromatic amines is 1. The average Bonchev–Trinajstić information content (AvgIpc) is 2.85. The van der Waals surface area contributed by atoms with Gasteiger partial charge >= 0.3 is 6.09 Å². The molecule has 1 aliphatic rings. The fourth-order valence-electron chi connectivity index (χ4n) is 1.78. The lowest BCUT2D eigenvalue weighted by molar-refractivity contribution is -0.116. The third-order valence-corrected chi connectivity index (χ3v) is 2.55.